The highest BCUT2D eigenvalue weighted by Gasteiger charge is 2.39. The van der Waals surface area contributed by atoms with Crippen molar-refractivity contribution in [2.24, 2.45) is 0 Å². The molecule has 12 nitrogen and oxygen atoms in total. The average Bonchev–Trinajstić information content (AvgIpc) is 3.75. The SMILES string of the molecule is O=C1CCC(N2Cc3cc(CNC(=O)c4cccc(N5CCC(n6cc(-c7cnc8ccccc8n7)cn6)CC5)c4)ccc3C2=O)C(=O)N1. The lowest BCUT2D eigenvalue weighted by atomic mass is 10.0. The van der Waals surface area contributed by atoms with Crippen LogP contribution in [0.25, 0.3) is 22.3 Å². The van der Waals surface area contributed by atoms with Gasteiger partial charge >= 0.3 is 0 Å². The number of amides is 4. The van der Waals surface area contributed by atoms with Gasteiger partial charge in [0.1, 0.15) is 6.04 Å². The number of fused-ring (bicyclic) bond motifs is 2. The Morgan fingerprint density at radius 2 is 1.76 bits per heavy atom. The Morgan fingerprint density at radius 1 is 0.918 bits per heavy atom. The number of nitrogens with zero attached hydrogens (tertiary/aromatic N) is 6. The number of nitrogens with one attached hydrogen (secondary N) is 2. The van der Waals surface area contributed by atoms with Gasteiger partial charge in [0.15, 0.2) is 0 Å². The highest BCUT2D eigenvalue weighted by Crippen LogP contribution is 2.30. The van der Waals surface area contributed by atoms with E-state index in [1.165, 1.54) is 4.90 Å². The Balaban J connectivity index is 0.864. The van der Waals surface area contributed by atoms with Gasteiger partial charge in [0.2, 0.25) is 11.8 Å². The molecular weight excluding hydrogens is 620 g/mol. The van der Waals surface area contributed by atoms with E-state index in [2.05, 4.69) is 31.8 Å². The molecule has 2 N–H and O–H groups in total. The van der Waals surface area contributed by atoms with Gasteiger partial charge in [0, 0.05) is 61.2 Å². The third kappa shape index (κ3) is 6.01. The number of carbonyl (C=O) groups excluding carboxylic acids is 4. The number of hydrogen-bond acceptors (Lipinski definition) is 8. The summed E-state index contributed by atoms with van der Waals surface area (Å²) in [6.07, 6.45) is 8.07. The quantitative estimate of drug-likeness (QED) is 0.251. The topological polar surface area (TPSA) is 142 Å². The van der Waals surface area contributed by atoms with Crippen molar-refractivity contribution >= 4 is 40.3 Å². The summed E-state index contributed by atoms with van der Waals surface area (Å²) in [5, 5.41) is 10.00. The van der Waals surface area contributed by atoms with Crippen LogP contribution in [0.4, 0.5) is 5.69 Å². The summed E-state index contributed by atoms with van der Waals surface area (Å²) in [4.78, 5) is 63.2. The third-order valence-electron chi connectivity index (χ3n) is 9.70. The largest absolute Gasteiger partial charge is 0.371 e. The molecule has 0 bridgehead atoms. The molecule has 49 heavy (non-hydrogen) atoms. The van der Waals surface area contributed by atoms with Crippen molar-refractivity contribution in [3.63, 3.8) is 0 Å². The minimum absolute atomic E-state index is 0.181. The van der Waals surface area contributed by atoms with Crippen LogP contribution in [0.2, 0.25) is 0 Å². The average molecular weight is 655 g/mol. The maximum Gasteiger partial charge on any atom is 0.255 e. The molecule has 1 atom stereocenters. The van der Waals surface area contributed by atoms with Gasteiger partial charge in [-0.2, -0.15) is 5.10 Å². The van der Waals surface area contributed by atoms with Crippen LogP contribution >= 0.6 is 0 Å². The summed E-state index contributed by atoms with van der Waals surface area (Å²) >= 11 is 0. The minimum Gasteiger partial charge on any atom is -0.371 e. The van der Waals surface area contributed by atoms with Crippen LogP contribution in [-0.2, 0) is 22.7 Å². The first-order chi connectivity index (χ1) is 23.9. The third-order valence-corrected chi connectivity index (χ3v) is 9.70. The first-order valence-electron chi connectivity index (χ1n) is 16.6. The molecule has 3 aliphatic rings. The van der Waals surface area contributed by atoms with Crippen LogP contribution in [0, 0.1) is 0 Å². The van der Waals surface area contributed by atoms with Crippen LogP contribution in [0.15, 0.2) is 85.3 Å². The first-order valence-corrected chi connectivity index (χ1v) is 16.6. The number of benzene rings is 3. The normalized spacial score (nSPS) is 18.1. The summed E-state index contributed by atoms with van der Waals surface area (Å²) in [5.74, 6) is -1.14. The molecule has 0 saturated carbocycles. The molecule has 0 radical (unpaired) electrons. The van der Waals surface area contributed by atoms with Gasteiger partial charge < -0.3 is 15.1 Å². The molecule has 2 saturated heterocycles. The molecule has 2 aromatic heterocycles. The maximum atomic E-state index is 13.2. The van der Waals surface area contributed by atoms with Gasteiger partial charge in [0.25, 0.3) is 11.8 Å². The number of para-hydroxylation sites is 2. The Kier molecular flexibility index (Phi) is 7.83. The van der Waals surface area contributed by atoms with Crippen molar-refractivity contribution in [1.29, 1.82) is 0 Å². The molecule has 246 valence electrons. The standard InChI is InChI=1S/C37H34N8O4/c46-34-11-10-33(36(48)42-34)44-21-25-16-23(8-9-29(25)37(44)49)18-39-35(47)24-4-3-5-28(17-24)43-14-12-27(13-15-43)45-22-26(19-40-45)32-20-38-30-6-1-2-7-31(30)41-32/h1-9,16-17,19-20,22,27,33H,10-15,18,21H2,(H,39,47)(H,42,46,48). The van der Waals surface area contributed by atoms with E-state index in [4.69, 9.17) is 4.98 Å². The smallest absolute Gasteiger partial charge is 0.255 e. The van der Waals surface area contributed by atoms with Crippen LogP contribution in [-0.4, -0.2) is 67.4 Å². The van der Waals surface area contributed by atoms with Crippen molar-refractivity contribution in [3.8, 4) is 11.3 Å². The van der Waals surface area contributed by atoms with Crippen molar-refractivity contribution in [2.45, 2.75) is 50.9 Å². The molecule has 4 amide bonds. The van der Waals surface area contributed by atoms with E-state index in [1.54, 1.807) is 12.3 Å². The monoisotopic (exact) mass is 654 g/mol. The summed E-state index contributed by atoms with van der Waals surface area (Å²) in [5.41, 5.74) is 7.27. The number of anilines is 1. The highest BCUT2D eigenvalue weighted by molar-refractivity contribution is 6.05. The zero-order valence-corrected chi connectivity index (χ0v) is 26.7. The van der Waals surface area contributed by atoms with Crippen molar-refractivity contribution in [3.05, 3.63) is 108 Å². The Hall–Kier alpha value is -5.91. The van der Waals surface area contributed by atoms with Gasteiger partial charge in [-0.25, -0.2) is 4.98 Å². The molecule has 0 aliphatic carbocycles. The van der Waals surface area contributed by atoms with Crippen molar-refractivity contribution < 1.29 is 19.2 Å². The Morgan fingerprint density at radius 3 is 2.59 bits per heavy atom. The van der Waals surface area contributed by atoms with E-state index in [-0.39, 0.29) is 30.2 Å². The summed E-state index contributed by atoms with van der Waals surface area (Å²) in [6, 6.07) is 20.6. The van der Waals surface area contributed by atoms with Gasteiger partial charge in [0.05, 0.1) is 35.2 Å². The van der Waals surface area contributed by atoms with E-state index in [9.17, 15) is 19.2 Å². The molecular formula is C37H34N8O4. The number of hydrogen-bond donors (Lipinski definition) is 2. The summed E-state index contributed by atoms with van der Waals surface area (Å²) in [6.45, 7) is 2.27. The number of rotatable bonds is 7. The molecule has 1 unspecified atom stereocenters. The number of aromatic nitrogens is 4. The molecule has 12 heteroatoms. The number of imide groups is 1. The molecule has 5 aromatic rings. The maximum absolute atomic E-state index is 13.2. The summed E-state index contributed by atoms with van der Waals surface area (Å²) < 4.78 is 2.04. The molecule has 0 spiro atoms. The van der Waals surface area contributed by atoms with Crippen LogP contribution < -0.4 is 15.5 Å². The predicted octanol–water partition coefficient (Wildman–Crippen LogP) is 4.03. The van der Waals surface area contributed by atoms with Gasteiger partial charge in [-0.15, -0.1) is 0 Å². The molecule has 5 heterocycles. The highest BCUT2D eigenvalue weighted by atomic mass is 16.2. The Labute approximate surface area is 282 Å². The van der Waals surface area contributed by atoms with E-state index < -0.39 is 11.9 Å². The lowest BCUT2D eigenvalue weighted by Crippen LogP contribution is -2.52. The number of carbonyl (C=O) groups is 4. The van der Waals surface area contributed by atoms with E-state index in [0.29, 0.717) is 30.6 Å². The second-order valence-corrected chi connectivity index (χ2v) is 12.8. The Bertz CT molecular complexity index is 2120. The fourth-order valence-corrected chi connectivity index (χ4v) is 7.02. The lowest BCUT2D eigenvalue weighted by Gasteiger charge is -2.33. The second kappa shape index (κ2) is 12.6. The molecule has 2 fully saturated rings. The summed E-state index contributed by atoms with van der Waals surface area (Å²) in [7, 11) is 0. The van der Waals surface area contributed by atoms with E-state index in [0.717, 1.165) is 65.0 Å². The van der Waals surface area contributed by atoms with Gasteiger partial charge in [-0.1, -0.05) is 30.3 Å². The van der Waals surface area contributed by atoms with E-state index in [1.807, 2.05) is 71.5 Å². The van der Waals surface area contributed by atoms with Crippen LogP contribution in [0.3, 0.4) is 0 Å². The zero-order valence-electron chi connectivity index (χ0n) is 26.7. The van der Waals surface area contributed by atoms with Gasteiger partial charge in [-0.05, 0) is 66.8 Å². The lowest BCUT2D eigenvalue weighted by molar-refractivity contribution is -0.136. The van der Waals surface area contributed by atoms with Crippen molar-refractivity contribution in [1.82, 2.24) is 35.3 Å². The van der Waals surface area contributed by atoms with Crippen LogP contribution in [0.5, 0.6) is 0 Å². The minimum atomic E-state index is -0.659. The molecule has 3 aliphatic heterocycles. The second-order valence-electron chi connectivity index (χ2n) is 12.8. The fraction of sp³-hybridized carbons (Fsp3) is 0.270. The van der Waals surface area contributed by atoms with E-state index >= 15 is 0 Å². The van der Waals surface area contributed by atoms with Crippen LogP contribution in [0.1, 0.15) is 63.6 Å². The van der Waals surface area contributed by atoms with Crippen molar-refractivity contribution in [2.75, 3.05) is 18.0 Å². The fourth-order valence-electron chi connectivity index (χ4n) is 7.02. The zero-order chi connectivity index (χ0) is 33.5. The number of piperidine rings is 2. The first kappa shape index (κ1) is 30.4. The predicted molar refractivity (Wildman–Crippen MR) is 181 cm³/mol. The van der Waals surface area contributed by atoms with Gasteiger partial charge in [-0.3, -0.25) is 34.2 Å². The molecule has 8 rings (SSSR count). The molecule has 3 aromatic carbocycles.